The molecular weight excluding hydrogens is 420 g/mol. The van der Waals surface area contributed by atoms with Crippen molar-refractivity contribution >= 4 is 22.1 Å². The van der Waals surface area contributed by atoms with E-state index < -0.39 is 27.3 Å². The first-order valence-corrected chi connectivity index (χ1v) is 11.7. The number of aliphatic imine (C=N–C) groups is 1. The summed E-state index contributed by atoms with van der Waals surface area (Å²) in [5.74, 6) is 0.496. The second kappa shape index (κ2) is 8.66. The van der Waals surface area contributed by atoms with Gasteiger partial charge in [-0.2, -0.15) is 0 Å². The van der Waals surface area contributed by atoms with Crippen LogP contribution in [0, 0.1) is 20.8 Å². The standard InChI is InChI=1S/C21H34N4O5S/c1-12-13(2)17(14(3)15-11-21(7,8)29-16(12)15)31(27,28)25-18(23-10-9-22)24-19(26)30-20(4,5)6/h9-11,22H2,1-8H3,(H2,23,24,25,26). The molecule has 4 N–H and O–H groups in total. The zero-order valence-electron chi connectivity index (χ0n) is 19.6. The molecule has 9 nitrogen and oxygen atoms in total. The number of alkyl carbamates (subject to hydrolysis) is 1. The molecule has 0 fully saturated rings. The Labute approximate surface area is 184 Å². The number of sulfonamides is 1. The summed E-state index contributed by atoms with van der Waals surface area (Å²) < 4.78 is 40.4. The lowest BCUT2D eigenvalue weighted by Crippen LogP contribution is -2.46. The second-order valence-electron chi connectivity index (χ2n) is 9.30. The number of hydrogen-bond acceptors (Lipinski definition) is 7. The predicted octanol–water partition coefficient (Wildman–Crippen LogP) is 2.44. The van der Waals surface area contributed by atoms with Crippen LogP contribution in [0.5, 0.6) is 5.75 Å². The van der Waals surface area contributed by atoms with Gasteiger partial charge in [-0.1, -0.05) is 0 Å². The summed E-state index contributed by atoms with van der Waals surface area (Å²) in [5, 5.41) is 2.37. The number of nitrogens with one attached hydrogen (secondary N) is 2. The first kappa shape index (κ1) is 24.9. The number of fused-ring (bicyclic) bond motifs is 1. The molecule has 10 heteroatoms. The van der Waals surface area contributed by atoms with E-state index in [-0.39, 0.29) is 23.9 Å². The number of carbonyl (C=O) groups excluding carboxylic acids is 1. The fourth-order valence-electron chi connectivity index (χ4n) is 3.50. The van der Waals surface area contributed by atoms with Crippen molar-refractivity contribution in [1.82, 2.24) is 10.0 Å². The van der Waals surface area contributed by atoms with Crippen LogP contribution in [-0.4, -0.2) is 44.8 Å². The van der Waals surface area contributed by atoms with Crippen molar-refractivity contribution in [2.75, 3.05) is 13.1 Å². The zero-order valence-corrected chi connectivity index (χ0v) is 20.4. The van der Waals surface area contributed by atoms with Crippen LogP contribution in [0.2, 0.25) is 0 Å². The third kappa shape index (κ3) is 5.88. The van der Waals surface area contributed by atoms with Crippen LogP contribution in [0.15, 0.2) is 9.89 Å². The van der Waals surface area contributed by atoms with E-state index in [0.29, 0.717) is 17.5 Å². The molecule has 1 aromatic rings. The van der Waals surface area contributed by atoms with Gasteiger partial charge in [-0.15, -0.1) is 0 Å². The molecule has 0 spiro atoms. The Balaban J connectivity index is 2.44. The summed E-state index contributed by atoms with van der Waals surface area (Å²) in [6.45, 7) is 14.7. The van der Waals surface area contributed by atoms with Crippen LogP contribution < -0.4 is 20.5 Å². The zero-order chi connectivity index (χ0) is 23.8. The number of ether oxygens (including phenoxy) is 2. The summed E-state index contributed by atoms with van der Waals surface area (Å²) in [7, 11) is -4.07. The lowest BCUT2D eigenvalue weighted by atomic mass is 9.94. The average Bonchev–Trinajstić information content (AvgIpc) is 2.91. The van der Waals surface area contributed by atoms with E-state index in [1.807, 2.05) is 20.8 Å². The summed E-state index contributed by atoms with van der Waals surface area (Å²) in [6, 6.07) is 0. The van der Waals surface area contributed by atoms with Crippen LogP contribution in [0.25, 0.3) is 0 Å². The molecule has 0 aromatic heterocycles. The van der Waals surface area contributed by atoms with Crippen molar-refractivity contribution in [3.63, 3.8) is 0 Å². The number of guanidine groups is 1. The minimum Gasteiger partial charge on any atom is -0.487 e. The van der Waals surface area contributed by atoms with Gasteiger partial charge in [-0.3, -0.25) is 10.3 Å². The normalized spacial score (nSPS) is 15.8. The molecule has 174 valence electrons. The number of benzene rings is 1. The number of hydrogen-bond donors (Lipinski definition) is 3. The summed E-state index contributed by atoms with van der Waals surface area (Å²) in [5.41, 5.74) is 7.17. The van der Waals surface area contributed by atoms with Crippen molar-refractivity contribution < 1.29 is 22.7 Å². The fraction of sp³-hybridized carbons (Fsp3) is 0.619. The third-order valence-electron chi connectivity index (χ3n) is 4.81. The molecule has 1 aromatic carbocycles. The SMILES string of the molecule is Cc1c(C)c(S(=O)(=O)NC(=NCCN)NC(=O)OC(C)(C)C)c(C)c2c1OC(C)(C)C2. The molecule has 0 radical (unpaired) electrons. The highest BCUT2D eigenvalue weighted by Gasteiger charge is 2.37. The molecule has 0 atom stereocenters. The third-order valence-corrected chi connectivity index (χ3v) is 6.42. The van der Waals surface area contributed by atoms with E-state index >= 15 is 0 Å². The quantitative estimate of drug-likeness (QED) is 0.473. The van der Waals surface area contributed by atoms with Gasteiger partial charge < -0.3 is 15.2 Å². The molecule has 1 aliphatic heterocycles. The second-order valence-corrected chi connectivity index (χ2v) is 10.9. The molecule has 1 heterocycles. The lowest BCUT2D eigenvalue weighted by molar-refractivity contribution is 0.0562. The maximum absolute atomic E-state index is 13.4. The van der Waals surface area contributed by atoms with Crippen LogP contribution in [-0.2, 0) is 21.2 Å². The van der Waals surface area contributed by atoms with Gasteiger partial charge in [0.05, 0.1) is 11.4 Å². The maximum atomic E-state index is 13.4. The highest BCUT2D eigenvalue weighted by molar-refractivity contribution is 7.90. The minimum atomic E-state index is -4.07. The molecule has 2 rings (SSSR count). The Morgan fingerprint density at radius 2 is 1.81 bits per heavy atom. The van der Waals surface area contributed by atoms with E-state index in [1.54, 1.807) is 34.6 Å². The number of nitrogens with zero attached hydrogens (tertiary/aromatic N) is 1. The van der Waals surface area contributed by atoms with E-state index in [4.69, 9.17) is 15.2 Å². The largest absolute Gasteiger partial charge is 0.487 e. The average molecular weight is 455 g/mol. The first-order chi connectivity index (χ1) is 14.1. The van der Waals surface area contributed by atoms with Crippen molar-refractivity contribution in [3.05, 3.63) is 22.3 Å². The van der Waals surface area contributed by atoms with E-state index in [2.05, 4.69) is 15.0 Å². The van der Waals surface area contributed by atoms with Gasteiger partial charge in [0.2, 0.25) is 5.96 Å². The monoisotopic (exact) mass is 454 g/mol. The topological polar surface area (TPSA) is 132 Å². The molecule has 1 aliphatic rings. The molecule has 0 unspecified atom stereocenters. The van der Waals surface area contributed by atoms with Crippen LogP contribution >= 0.6 is 0 Å². The van der Waals surface area contributed by atoms with Gasteiger partial charge in [0.25, 0.3) is 10.0 Å². The van der Waals surface area contributed by atoms with Crippen LogP contribution in [0.4, 0.5) is 4.79 Å². The smallest absolute Gasteiger partial charge is 0.414 e. The van der Waals surface area contributed by atoms with Crippen molar-refractivity contribution in [1.29, 1.82) is 0 Å². The van der Waals surface area contributed by atoms with E-state index in [1.165, 1.54) is 0 Å². The lowest BCUT2D eigenvalue weighted by Gasteiger charge is -2.21. The molecule has 0 saturated heterocycles. The molecule has 0 saturated carbocycles. The van der Waals surface area contributed by atoms with Crippen LogP contribution in [0.1, 0.15) is 56.9 Å². The Kier molecular flexibility index (Phi) is 6.97. The Morgan fingerprint density at radius 1 is 1.19 bits per heavy atom. The maximum Gasteiger partial charge on any atom is 0.414 e. The number of rotatable bonds is 4. The molecule has 31 heavy (non-hydrogen) atoms. The number of nitrogens with two attached hydrogens (primary N) is 1. The van der Waals surface area contributed by atoms with Gasteiger partial charge in [-0.25, -0.2) is 17.9 Å². The molecule has 1 amide bonds. The predicted molar refractivity (Wildman–Crippen MR) is 120 cm³/mol. The summed E-state index contributed by atoms with van der Waals surface area (Å²) in [4.78, 5) is 16.4. The summed E-state index contributed by atoms with van der Waals surface area (Å²) in [6.07, 6.45) is -0.220. The van der Waals surface area contributed by atoms with E-state index in [0.717, 1.165) is 16.9 Å². The van der Waals surface area contributed by atoms with Gasteiger partial charge >= 0.3 is 6.09 Å². The van der Waals surface area contributed by atoms with Crippen molar-refractivity contribution in [2.45, 2.75) is 77.9 Å². The van der Waals surface area contributed by atoms with E-state index in [9.17, 15) is 13.2 Å². The van der Waals surface area contributed by atoms with Gasteiger partial charge in [0.15, 0.2) is 0 Å². The molecular formula is C21H34N4O5S. The summed E-state index contributed by atoms with van der Waals surface area (Å²) >= 11 is 0. The molecule has 0 bridgehead atoms. The highest BCUT2D eigenvalue weighted by atomic mass is 32.2. The van der Waals surface area contributed by atoms with Crippen molar-refractivity contribution in [2.24, 2.45) is 10.7 Å². The van der Waals surface area contributed by atoms with Gasteiger partial charge in [0.1, 0.15) is 17.0 Å². The number of amides is 1. The Hall–Kier alpha value is -2.33. The van der Waals surface area contributed by atoms with Gasteiger partial charge in [0, 0.05) is 18.5 Å². The van der Waals surface area contributed by atoms with Crippen molar-refractivity contribution in [3.8, 4) is 5.75 Å². The Bertz CT molecular complexity index is 1010. The number of carbonyl (C=O) groups is 1. The minimum absolute atomic E-state index is 0.122. The van der Waals surface area contributed by atoms with Crippen LogP contribution in [0.3, 0.4) is 0 Å². The molecule has 0 aliphatic carbocycles. The fourth-order valence-corrected chi connectivity index (χ4v) is 5.05. The van der Waals surface area contributed by atoms with Gasteiger partial charge in [-0.05, 0) is 72.1 Å². The highest BCUT2D eigenvalue weighted by Crippen LogP contribution is 2.43. The Morgan fingerprint density at radius 3 is 2.35 bits per heavy atom. The first-order valence-electron chi connectivity index (χ1n) is 10.2.